The fourth-order valence-electron chi connectivity index (χ4n) is 2.28. The van der Waals surface area contributed by atoms with Gasteiger partial charge in [0.15, 0.2) is 0 Å². The summed E-state index contributed by atoms with van der Waals surface area (Å²) in [6.07, 6.45) is 5.02. The number of carbonyl (C=O) groups excluding carboxylic acids is 1. The smallest absolute Gasteiger partial charge is 0.270 e. The lowest BCUT2D eigenvalue weighted by atomic mass is 10.0. The fraction of sp³-hybridized carbons (Fsp3) is 0.250. The first-order chi connectivity index (χ1) is 9.77. The molecular formula is C16H17N3O. The average Bonchev–Trinajstić information content (AvgIpc) is 2.50. The van der Waals surface area contributed by atoms with E-state index < -0.39 is 0 Å². The summed E-state index contributed by atoms with van der Waals surface area (Å²) < 4.78 is 0. The van der Waals surface area contributed by atoms with Gasteiger partial charge in [0.25, 0.3) is 5.91 Å². The van der Waals surface area contributed by atoms with Crippen molar-refractivity contribution < 1.29 is 4.79 Å². The first-order valence-corrected chi connectivity index (χ1v) is 6.62. The lowest BCUT2D eigenvalue weighted by Crippen LogP contribution is -2.36. The zero-order valence-corrected chi connectivity index (χ0v) is 11.3. The first-order valence-electron chi connectivity index (χ1n) is 6.62. The third kappa shape index (κ3) is 2.89. The van der Waals surface area contributed by atoms with Crippen molar-refractivity contribution >= 4 is 11.6 Å². The van der Waals surface area contributed by atoms with E-state index in [2.05, 4.69) is 11.9 Å². The Morgan fingerprint density at radius 2 is 2.30 bits per heavy atom. The van der Waals surface area contributed by atoms with Crippen LogP contribution in [0.15, 0.2) is 48.7 Å². The van der Waals surface area contributed by atoms with Gasteiger partial charge in [0.1, 0.15) is 11.6 Å². The van der Waals surface area contributed by atoms with E-state index in [1.165, 1.54) is 6.20 Å². The van der Waals surface area contributed by atoms with Gasteiger partial charge in [0.2, 0.25) is 0 Å². The number of hydrogen-bond acceptors (Lipinski definition) is 3. The largest absolute Gasteiger partial charge is 0.386 e. The van der Waals surface area contributed by atoms with Crippen LogP contribution >= 0.6 is 0 Å². The number of nitrogens with one attached hydrogen (secondary N) is 1. The Bertz CT molecular complexity index is 584. The van der Waals surface area contributed by atoms with Gasteiger partial charge in [-0.1, -0.05) is 24.3 Å². The molecule has 0 aromatic heterocycles. The minimum atomic E-state index is -0.254. The lowest BCUT2D eigenvalue weighted by Gasteiger charge is -2.29. The van der Waals surface area contributed by atoms with Crippen LogP contribution in [0.1, 0.15) is 12.0 Å². The third-order valence-corrected chi connectivity index (χ3v) is 3.21. The van der Waals surface area contributed by atoms with E-state index in [1.54, 1.807) is 11.0 Å². The molecule has 4 nitrogen and oxygen atoms in total. The van der Waals surface area contributed by atoms with Crippen LogP contribution in [0.4, 0.5) is 5.69 Å². The van der Waals surface area contributed by atoms with Gasteiger partial charge in [-0.25, -0.2) is 0 Å². The van der Waals surface area contributed by atoms with Gasteiger partial charge in [-0.3, -0.25) is 4.79 Å². The Kier molecular flexibility index (Phi) is 4.56. The highest BCUT2D eigenvalue weighted by Gasteiger charge is 2.24. The number of amides is 1. The molecule has 1 aromatic rings. The van der Waals surface area contributed by atoms with Crippen molar-refractivity contribution in [3.05, 3.63) is 54.3 Å². The van der Waals surface area contributed by atoms with Crippen molar-refractivity contribution in [2.24, 2.45) is 0 Å². The Balaban J connectivity index is 2.23. The standard InChI is InChI=1S/C16H17N3O/c1-2-9-18-12-14(11-17)16(20)19-10-5-7-13-6-3-4-8-15(13)19/h2-4,6,8,12,18H,1,5,7,9-10H2/b14-12-. The molecule has 0 bridgehead atoms. The van der Waals surface area contributed by atoms with Crippen molar-refractivity contribution in [1.82, 2.24) is 5.32 Å². The molecule has 1 N–H and O–H groups in total. The number of carbonyl (C=O) groups is 1. The van der Waals surface area contributed by atoms with Crippen LogP contribution in [0.2, 0.25) is 0 Å². The van der Waals surface area contributed by atoms with Crippen molar-refractivity contribution in [2.75, 3.05) is 18.0 Å². The van der Waals surface area contributed by atoms with Gasteiger partial charge in [-0.05, 0) is 24.5 Å². The van der Waals surface area contributed by atoms with Crippen LogP contribution in [-0.2, 0) is 11.2 Å². The van der Waals surface area contributed by atoms with Gasteiger partial charge in [0, 0.05) is 25.0 Å². The molecule has 1 aromatic carbocycles. The van der Waals surface area contributed by atoms with E-state index in [1.807, 2.05) is 30.3 Å². The number of aryl methyl sites for hydroxylation is 1. The average molecular weight is 267 g/mol. The van der Waals surface area contributed by atoms with Gasteiger partial charge in [0.05, 0.1) is 0 Å². The van der Waals surface area contributed by atoms with Crippen LogP contribution in [-0.4, -0.2) is 19.0 Å². The molecular weight excluding hydrogens is 250 g/mol. The fourth-order valence-corrected chi connectivity index (χ4v) is 2.28. The highest BCUT2D eigenvalue weighted by molar-refractivity contribution is 6.08. The Morgan fingerprint density at radius 1 is 1.50 bits per heavy atom. The number of benzene rings is 1. The predicted octanol–water partition coefficient (Wildman–Crippen LogP) is 2.15. The van der Waals surface area contributed by atoms with Crippen LogP contribution in [0.3, 0.4) is 0 Å². The van der Waals surface area contributed by atoms with Crippen molar-refractivity contribution in [3.63, 3.8) is 0 Å². The highest BCUT2D eigenvalue weighted by Crippen LogP contribution is 2.27. The zero-order chi connectivity index (χ0) is 14.4. The maximum atomic E-state index is 12.5. The molecule has 0 radical (unpaired) electrons. The number of para-hydroxylation sites is 1. The molecule has 0 fully saturated rings. The number of nitrogens with zero attached hydrogens (tertiary/aromatic N) is 2. The van der Waals surface area contributed by atoms with Gasteiger partial charge >= 0.3 is 0 Å². The topological polar surface area (TPSA) is 56.1 Å². The minimum Gasteiger partial charge on any atom is -0.386 e. The van der Waals surface area contributed by atoms with Crippen molar-refractivity contribution in [2.45, 2.75) is 12.8 Å². The molecule has 102 valence electrons. The molecule has 0 saturated heterocycles. The van der Waals surface area contributed by atoms with Gasteiger partial charge in [-0.2, -0.15) is 5.26 Å². The second kappa shape index (κ2) is 6.58. The van der Waals surface area contributed by atoms with Gasteiger partial charge in [-0.15, -0.1) is 6.58 Å². The van der Waals surface area contributed by atoms with Crippen LogP contribution in [0, 0.1) is 11.3 Å². The summed E-state index contributed by atoms with van der Waals surface area (Å²) in [7, 11) is 0. The molecule has 1 heterocycles. The number of anilines is 1. The molecule has 20 heavy (non-hydrogen) atoms. The van der Waals surface area contributed by atoms with E-state index in [0.29, 0.717) is 13.1 Å². The van der Waals surface area contributed by atoms with Crippen LogP contribution in [0.5, 0.6) is 0 Å². The van der Waals surface area contributed by atoms with E-state index in [0.717, 1.165) is 24.1 Å². The third-order valence-electron chi connectivity index (χ3n) is 3.21. The summed E-state index contributed by atoms with van der Waals surface area (Å²) in [6.45, 7) is 4.75. The molecule has 1 amide bonds. The van der Waals surface area contributed by atoms with E-state index >= 15 is 0 Å². The van der Waals surface area contributed by atoms with Crippen LogP contribution < -0.4 is 10.2 Å². The minimum absolute atomic E-state index is 0.114. The Morgan fingerprint density at radius 3 is 3.05 bits per heavy atom. The SMILES string of the molecule is C=CCN/C=C(/C#N)C(=O)N1CCCc2ccccc21. The number of hydrogen-bond donors (Lipinski definition) is 1. The summed E-state index contributed by atoms with van der Waals surface area (Å²) >= 11 is 0. The second-order valence-corrected chi connectivity index (χ2v) is 4.56. The second-order valence-electron chi connectivity index (χ2n) is 4.56. The Hall–Kier alpha value is -2.54. The quantitative estimate of drug-likeness (QED) is 0.393. The molecule has 1 aliphatic heterocycles. The molecule has 0 saturated carbocycles. The van der Waals surface area contributed by atoms with E-state index in [-0.39, 0.29) is 11.5 Å². The summed E-state index contributed by atoms with van der Waals surface area (Å²) in [5.74, 6) is -0.254. The zero-order valence-electron chi connectivity index (χ0n) is 11.3. The first kappa shape index (κ1) is 13.9. The predicted molar refractivity (Wildman–Crippen MR) is 79.0 cm³/mol. The Labute approximate surface area is 119 Å². The summed E-state index contributed by atoms with van der Waals surface area (Å²) in [5.41, 5.74) is 2.18. The maximum absolute atomic E-state index is 12.5. The number of nitriles is 1. The molecule has 0 unspecified atom stereocenters. The number of fused-ring (bicyclic) bond motifs is 1. The molecule has 0 spiro atoms. The van der Waals surface area contributed by atoms with Crippen molar-refractivity contribution in [3.8, 4) is 6.07 Å². The number of rotatable bonds is 4. The monoisotopic (exact) mass is 267 g/mol. The highest BCUT2D eigenvalue weighted by atomic mass is 16.2. The normalized spacial score (nSPS) is 14.2. The maximum Gasteiger partial charge on any atom is 0.270 e. The van der Waals surface area contributed by atoms with Gasteiger partial charge < -0.3 is 10.2 Å². The molecule has 0 atom stereocenters. The lowest BCUT2D eigenvalue weighted by molar-refractivity contribution is -0.114. The molecule has 1 aliphatic rings. The summed E-state index contributed by atoms with van der Waals surface area (Å²) in [6, 6.07) is 9.80. The summed E-state index contributed by atoms with van der Waals surface area (Å²) in [5, 5.41) is 12.0. The van der Waals surface area contributed by atoms with Crippen LogP contribution in [0.25, 0.3) is 0 Å². The van der Waals surface area contributed by atoms with E-state index in [4.69, 9.17) is 5.26 Å². The van der Waals surface area contributed by atoms with Crippen molar-refractivity contribution in [1.29, 1.82) is 5.26 Å². The molecule has 0 aliphatic carbocycles. The molecule has 2 rings (SSSR count). The van der Waals surface area contributed by atoms with E-state index in [9.17, 15) is 4.79 Å². The molecule has 4 heteroatoms. The summed E-state index contributed by atoms with van der Waals surface area (Å²) in [4.78, 5) is 14.1.